The van der Waals surface area contributed by atoms with E-state index in [0.717, 1.165) is 28.9 Å². The van der Waals surface area contributed by atoms with Gasteiger partial charge in [0.25, 0.3) is 5.91 Å². The van der Waals surface area contributed by atoms with E-state index >= 15 is 0 Å². The van der Waals surface area contributed by atoms with Gasteiger partial charge in [-0.05, 0) is 50.8 Å². The molecule has 0 saturated carbocycles. The van der Waals surface area contributed by atoms with Crippen molar-refractivity contribution in [3.63, 3.8) is 0 Å². The Morgan fingerprint density at radius 3 is 2.81 bits per heavy atom. The molecule has 3 heterocycles. The van der Waals surface area contributed by atoms with Crippen LogP contribution in [0, 0.1) is 6.92 Å². The molecule has 0 radical (unpaired) electrons. The van der Waals surface area contributed by atoms with Crippen LogP contribution < -0.4 is 10.2 Å². The Kier molecular flexibility index (Phi) is 2.99. The van der Waals surface area contributed by atoms with E-state index in [0.29, 0.717) is 12.5 Å². The van der Waals surface area contributed by atoms with Crippen LogP contribution in [0.15, 0.2) is 36.4 Å². The lowest BCUT2D eigenvalue weighted by molar-refractivity contribution is -0.143. The lowest BCUT2D eigenvalue weighted by Gasteiger charge is -2.44. The summed E-state index contributed by atoms with van der Waals surface area (Å²) in [5, 5.41) is 3.46. The van der Waals surface area contributed by atoms with Crippen molar-refractivity contribution in [2.45, 2.75) is 57.9 Å². The highest BCUT2D eigenvalue weighted by Crippen LogP contribution is 2.55. The van der Waals surface area contributed by atoms with Crippen LogP contribution >= 0.6 is 0 Å². The van der Waals surface area contributed by atoms with Gasteiger partial charge in [-0.1, -0.05) is 36.8 Å². The van der Waals surface area contributed by atoms with Crippen molar-refractivity contribution in [3.8, 4) is 0 Å². The summed E-state index contributed by atoms with van der Waals surface area (Å²) in [6.07, 6.45) is 0.946. The topological polar surface area (TPSA) is 41.6 Å². The first-order valence-electron chi connectivity index (χ1n) is 9.33. The second kappa shape index (κ2) is 4.89. The maximum atomic E-state index is 13.7. The number of carbonyl (C=O) groups excluding carboxylic acids is 1. The predicted molar refractivity (Wildman–Crippen MR) is 102 cm³/mol. The maximum absolute atomic E-state index is 13.7. The largest absolute Gasteiger partial charge is 0.345 e. The van der Waals surface area contributed by atoms with E-state index in [9.17, 15) is 4.79 Å². The molecule has 0 aromatic heterocycles. The highest BCUT2D eigenvalue weighted by molar-refractivity contribution is 6.11. The monoisotopic (exact) mass is 348 g/mol. The van der Waals surface area contributed by atoms with E-state index < -0.39 is 5.72 Å². The molecular weight excluding hydrogens is 324 g/mol. The fourth-order valence-corrected chi connectivity index (χ4v) is 5.04. The molecule has 2 aromatic rings. The number of benzene rings is 2. The summed E-state index contributed by atoms with van der Waals surface area (Å²) in [5.41, 5.74) is 5.15. The van der Waals surface area contributed by atoms with Gasteiger partial charge in [-0.2, -0.15) is 0 Å². The van der Waals surface area contributed by atoms with Crippen molar-refractivity contribution in [1.82, 2.24) is 0 Å². The predicted octanol–water partition coefficient (Wildman–Crippen LogP) is 4.42. The number of aryl methyl sites for hydroxylation is 1. The van der Waals surface area contributed by atoms with Crippen LogP contribution in [-0.4, -0.2) is 11.4 Å². The van der Waals surface area contributed by atoms with E-state index in [-0.39, 0.29) is 11.4 Å². The molecule has 3 aliphatic heterocycles. The molecule has 2 atom stereocenters. The smallest absolute Gasteiger partial charge is 0.285 e. The van der Waals surface area contributed by atoms with Crippen molar-refractivity contribution >= 4 is 17.3 Å². The van der Waals surface area contributed by atoms with Crippen LogP contribution in [-0.2, 0) is 21.9 Å². The highest BCUT2D eigenvalue weighted by atomic mass is 16.5. The molecule has 5 rings (SSSR count). The van der Waals surface area contributed by atoms with Crippen molar-refractivity contribution in [2.75, 3.05) is 10.2 Å². The first kappa shape index (κ1) is 15.9. The Hall–Kier alpha value is -2.33. The number of carbonyl (C=O) groups is 1. The van der Waals surface area contributed by atoms with E-state index in [1.54, 1.807) is 0 Å². The Balaban J connectivity index is 1.77. The number of nitrogens with zero attached hydrogens (tertiary/aromatic N) is 1. The van der Waals surface area contributed by atoms with Crippen molar-refractivity contribution in [1.29, 1.82) is 0 Å². The zero-order valence-electron chi connectivity index (χ0n) is 15.7. The average Bonchev–Trinajstić information content (AvgIpc) is 2.82. The van der Waals surface area contributed by atoms with Gasteiger partial charge in [-0.25, -0.2) is 0 Å². The van der Waals surface area contributed by atoms with Gasteiger partial charge >= 0.3 is 0 Å². The van der Waals surface area contributed by atoms with Crippen LogP contribution in [0.3, 0.4) is 0 Å². The van der Waals surface area contributed by atoms with Crippen molar-refractivity contribution in [3.05, 3.63) is 58.7 Å². The molecular formula is C22H24N2O2. The van der Waals surface area contributed by atoms with E-state index in [1.807, 2.05) is 29.2 Å². The number of ether oxygens (including phenoxy) is 1. The number of nitrogens with one attached hydrogen (secondary N) is 1. The normalized spacial score (nSPS) is 27.9. The summed E-state index contributed by atoms with van der Waals surface area (Å²) in [6.45, 7) is 9.10. The second-order valence-corrected chi connectivity index (χ2v) is 8.56. The van der Waals surface area contributed by atoms with Crippen molar-refractivity contribution in [2.24, 2.45) is 0 Å². The molecule has 0 bridgehead atoms. The molecule has 0 saturated heterocycles. The third-order valence-corrected chi connectivity index (χ3v) is 6.11. The Labute approximate surface area is 154 Å². The lowest BCUT2D eigenvalue weighted by Crippen LogP contribution is -2.56. The number of para-hydroxylation sites is 1. The molecule has 1 N–H and O–H groups in total. The van der Waals surface area contributed by atoms with Gasteiger partial charge in [0.05, 0.1) is 12.3 Å². The third-order valence-electron chi connectivity index (χ3n) is 6.11. The number of anilines is 2. The van der Waals surface area contributed by atoms with Gasteiger partial charge in [0.1, 0.15) is 0 Å². The molecule has 3 aliphatic rings. The summed E-state index contributed by atoms with van der Waals surface area (Å²) < 4.78 is 6.29. The molecule has 26 heavy (non-hydrogen) atoms. The minimum atomic E-state index is -1.12. The zero-order chi connectivity index (χ0) is 18.3. The lowest BCUT2D eigenvalue weighted by atomic mass is 9.79. The average molecular weight is 348 g/mol. The van der Waals surface area contributed by atoms with Crippen LogP contribution in [0.25, 0.3) is 0 Å². The maximum Gasteiger partial charge on any atom is 0.285 e. The molecule has 4 nitrogen and oxygen atoms in total. The number of fused-ring (bicyclic) bond motifs is 2. The standard InChI is InChI=1S/C22H24N2O2/c1-13-9-16-14(2)11-21(3,4)24-19(16)17(10-13)22(20(24)25)23-18-8-6-5-7-15(18)12-26-22/h5-10,14,23H,11-12H2,1-4H3/t14-,22-/m1/s1. The van der Waals surface area contributed by atoms with Gasteiger partial charge in [0.2, 0.25) is 5.72 Å². The molecule has 0 aliphatic carbocycles. The molecule has 4 heteroatoms. The second-order valence-electron chi connectivity index (χ2n) is 8.56. The Bertz CT molecular complexity index is 949. The first-order valence-corrected chi connectivity index (χ1v) is 9.33. The number of hydrogen-bond donors (Lipinski definition) is 1. The molecule has 1 spiro atoms. The SMILES string of the molecule is Cc1cc2c3c(c1)[C@]1(Nc4ccccc4CO1)C(=O)N3C(C)(C)C[C@H]2C. The molecule has 0 unspecified atom stereocenters. The molecule has 134 valence electrons. The minimum Gasteiger partial charge on any atom is -0.345 e. The van der Waals surface area contributed by atoms with Crippen LogP contribution in [0.2, 0.25) is 0 Å². The van der Waals surface area contributed by atoms with E-state index in [1.165, 1.54) is 11.1 Å². The summed E-state index contributed by atoms with van der Waals surface area (Å²) in [6, 6.07) is 12.4. The summed E-state index contributed by atoms with van der Waals surface area (Å²) in [4.78, 5) is 15.7. The number of rotatable bonds is 0. The fraction of sp³-hybridized carbons (Fsp3) is 0.409. The fourth-order valence-electron chi connectivity index (χ4n) is 5.04. The summed E-state index contributed by atoms with van der Waals surface area (Å²) in [5.74, 6) is 0.416. The third kappa shape index (κ3) is 1.85. The van der Waals surface area contributed by atoms with Crippen molar-refractivity contribution < 1.29 is 9.53 Å². The van der Waals surface area contributed by atoms with Gasteiger partial charge in [0, 0.05) is 22.4 Å². The Morgan fingerprint density at radius 2 is 2.00 bits per heavy atom. The van der Waals surface area contributed by atoms with E-state index in [2.05, 4.69) is 45.1 Å². The van der Waals surface area contributed by atoms with Crippen LogP contribution in [0.1, 0.15) is 55.4 Å². The highest BCUT2D eigenvalue weighted by Gasteiger charge is 2.59. The Morgan fingerprint density at radius 1 is 1.23 bits per heavy atom. The van der Waals surface area contributed by atoms with E-state index in [4.69, 9.17) is 4.74 Å². The van der Waals surface area contributed by atoms with Crippen LogP contribution in [0.5, 0.6) is 0 Å². The molecule has 1 amide bonds. The van der Waals surface area contributed by atoms with Crippen LogP contribution in [0.4, 0.5) is 11.4 Å². The summed E-state index contributed by atoms with van der Waals surface area (Å²) >= 11 is 0. The van der Waals surface area contributed by atoms with Gasteiger partial charge < -0.3 is 15.0 Å². The van der Waals surface area contributed by atoms with Gasteiger partial charge in [0.15, 0.2) is 0 Å². The van der Waals surface area contributed by atoms with Gasteiger partial charge in [-0.3, -0.25) is 4.79 Å². The zero-order valence-corrected chi connectivity index (χ0v) is 15.7. The minimum absolute atomic E-state index is 0.00533. The molecule has 0 fully saturated rings. The quantitative estimate of drug-likeness (QED) is 0.766. The first-order chi connectivity index (χ1) is 12.3. The number of hydrogen-bond acceptors (Lipinski definition) is 3. The van der Waals surface area contributed by atoms with Gasteiger partial charge in [-0.15, -0.1) is 0 Å². The summed E-state index contributed by atoms with van der Waals surface area (Å²) in [7, 11) is 0. The molecule has 2 aromatic carbocycles. The number of amides is 1.